The fraction of sp³-hybridized carbons (Fsp3) is 0.385. The second kappa shape index (κ2) is 5.60. The first-order valence-corrected chi connectivity index (χ1v) is 6.06. The highest BCUT2D eigenvalue weighted by atomic mass is 16.5. The van der Waals surface area contributed by atoms with E-state index >= 15 is 0 Å². The lowest BCUT2D eigenvalue weighted by atomic mass is 10.1. The Bertz CT molecular complexity index is 560. The molecule has 0 saturated carbocycles. The summed E-state index contributed by atoms with van der Waals surface area (Å²) in [5.41, 5.74) is 0.624. The normalized spacial score (nSPS) is 10.7. The molecule has 0 unspecified atom stereocenters. The van der Waals surface area contributed by atoms with Crippen LogP contribution in [0.4, 0.5) is 0 Å². The standard InChI is InChI=1S/C13H16N4O2/c1-9(2)17-13(14-15-16-17)8-12(18)10-4-6-11(19-3)7-5-10/h4-7,9H,8H2,1-3H3. The van der Waals surface area contributed by atoms with Crippen LogP contribution in [0.15, 0.2) is 24.3 Å². The summed E-state index contributed by atoms with van der Waals surface area (Å²) in [4.78, 5) is 12.1. The molecule has 1 aromatic heterocycles. The number of hydrogen-bond acceptors (Lipinski definition) is 5. The average Bonchev–Trinajstić information content (AvgIpc) is 2.87. The van der Waals surface area contributed by atoms with Crippen LogP contribution in [0.25, 0.3) is 0 Å². The first-order chi connectivity index (χ1) is 9.11. The van der Waals surface area contributed by atoms with E-state index in [1.807, 2.05) is 13.8 Å². The highest BCUT2D eigenvalue weighted by Crippen LogP contribution is 2.13. The Labute approximate surface area is 111 Å². The van der Waals surface area contributed by atoms with Gasteiger partial charge in [-0.2, -0.15) is 0 Å². The van der Waals surface area contributed by atoms with E-state index < -0.39 is 0 Å². The minimum atomic E-state index is -0.0145. The van der Waals surface area contributed by atoms with Gasteiger partial charge < -0.3 is 4.74 Å². The molecule has 100 valence electrons. The number of tetrazole rings is 1. The van der Waals surface area contributed by atoms with E-state index in [0.29, 0.717) is 11.4 Å². The maximum absolute atomic E-state index is 12.1. The first kappa shape index (κ1) is 13.2. The number of rotatable bonds is 5. The molecule has 0 spiro atoms. The third kappa shape index (κ3) is 2.96. The Morgan fingerprint density at radius 1 is 1.32 bits per heavy atom. The number of benzene rings is 1. The van der Waals surface area contributed by atoms with Gasteiger partial charge in [0.2, 0.25) is 0 Å². The second-order valence-corrected chi connectivity index (χ2v) is 4.46. The highest BCUT2D eigenvalue weighted by molar-refractivity contribution is 5.97. The summed E-state index contributed by atoms with van der Waals surface area (Å²) >= 11 is 0. The molecule has 0 fully saturated rings. The first-order valence-electron chi connectivity index (χ1n) is 6.06. The summed E-state index contributed by atoms with van der Waals surface area (Å²) in [5, 5.41) is 11.4. The van der Waals surface area contributed by atoms with Crippen LogP contribution in [0.2, 0.25) is 0 Å². The van der Waals surface area contributed by atoms with Crippen molar-refractivity contribution in [3.05, 3.63) is 35.7 Å². The molecule has 2 rings (SSSR count). The van der Waals surface area contributed by atoms with Crippen LogP contribution in [0.1, 0.15) is 36.1 Å². The summed E-state index contributed by atoms with van der Waals surface area (Å²) < 4.78 is 6.71. The number of hydrogen-bond donors (Lipinski definition) is 0. The topological polar surface area (TPSA) is 69.9 Å². The second-order valence-electron chi connectivity index (χ2n) is 4.46. The Morgan fingerprint density at radius 2 is 2.00 bits per heavy atom. The van der Waals surface area contributed by atoms with E-state index in [9.17, 15) is 4.79 Å². The molecular formula is C13H16N4O2. The molecule has 0 aliphatic rings. The van der Waals surface area contributed by atoms with E-state index in [0.717, 1.165) is 5.75 Å². The molecule has 0 amide bonds. The molecule has 0 atom stereocenters. The molecule has 0 N–H and O–H groups in total. The summed E-state index contributed by atoms with van der Waals surface area (Å²) in [6.07, 6.45) is 0.192. The van der Waals surface area contributed by atoms with Gasteiger partial charge in [-0.15, -0.1) is 5.10 Å². The largest absolute Gasteiger partial charge is 0.497 e. The van der Waals surface area contributed by atoms with Crippen LogP contribution in [-0.4, -0.2) is 33.1 Å². The lowest BCUT2D eigenvalue weighted by molar-refractivity contribution is 0.0989. The van der Waals surface area contributed by atoms with Gasteiger partial charge in [-0.3, -0.25) is 4.79 Å². The summed E-state index contributed by atoms with van der Waals surface area (Å²) in [6, 6.07) is 7.14. The Kier molecular flexibility index (Phi) is 3.89. The molecule has 0 saturated heterocycles. The number of Topliss-reactive ketones (excluding diaryl/α,β-unsaturated/α-hetero) is 1. The maximum atomic E-state index is 12.1. The summed E-state index contributed by atoms with van der Waals surface area (Å²) in [6.45, 7) is 3.94. The Morgan fingerprint density at radius 3 is 2.58 bits per heavy atom. The SMILES string of the molecule is COc1ccc(C(=O)Cc2nnnn2C(C)C)cc1. The van der Waals surface area contributed by atoms with Gasteiger partial charge in [0.1, 0.15) is 5.75 Å². The summed E-state index contributed by atoms with van der Waals surface area (Å²) in [5.74, 6) is 1.29. The number of aromatic nitrogens is 4. The fourth-order valence-electron chi connectivity index (χ4n) is 1.75. The summed E-state index contributed by atoms with van der Waals surface area (Å²) in [7, 11) is 1.59. The van der Waals surface area contributed by atoms with Gasteiger partial charge in [0.05, 0.1) is 19.6 Å². The third-order valence-electron chi connectivity index (χ3n) is 2.78. The van der Waals surface area contributed by atoms with E-state index in [1.54, 1.807) is 36.1 Å². The molecule has 2 aromatic rings. The van der Waals surface area contributed by atoms with Crippen LogP contribution in [0, 0.1) is 0 Å². The third-order valence-corrected chi connectivity index (χ3v) is 2.78. The van der Waals surface area contributed by atoms with Crippen LogP contribution < -0.4 is 4.74 Å². The minimum absolute atomic E-state index is 0.0145. The molecule has 1 heterocycles. The predicted octanol–water partition coefficient (Wildman–Crippen LogP) is 1.69. The average molecular weight is 260 g/mol. The van der Waals surface area contributed by atoms with Crippen molar-refractivity contribution in [2.45, 2.75) is 26.3 Å². The highest BCUT2D eigenvalue weighted by Gasteiger charge is 2.14. The van der Waals surface area contributed by atoms with Crippen molar-refractivity contribution < 1.29 is 9.53 Å². The molecule has 0 radical (unpaired) electrons. The van der Waals surface area contributed by atoms with Gasteiger partial charge >= 0.3 is 0 Å². The zero-order valence-electron chi connectivity index (χ0n) is 11.2. The number of methoxy groups -OCH3 is 1. The van der Waals surface area contributed by atoms with E-state index in [-0.39, 0.29) is 18.2 Å². The van der Waals surface area contributed by atoms with Crippen LogP contribution in [0.5, 0.6) is 5.75 Å². The van der Waals surface area contributed by atoms with Crippen molar-refractivity contribution >= 4 is 5.78 Å². The van der Waals surface area contributed by atoms with Crippen LogP contribution in [0.3, 0.4) is 0 Å². The smallest absolute Gasteiger partial charge is 0.170 e. The van der Waals surface area contributed by atoms with Crippen molar-refractivity contribution in [1.29, 1.82) is 0 Å². The van der Waals surface area contributed by atoms with Gasteiger partial charge in [0.25, 0.3) is 0 Å². The van der Waals surface area contributed by atoms with Crippen molar-refractivity contribution in [2.75, 3.05) is 7.11 Å². The number of carbonyl (C=O) groups excluding carboxylic acids is 1. The van der Waals surface area contributed by atoms with Crippen LogP contribution in [-0.2, 0) is 6.42 Å². The van der Waals surface area contributed by atoms with E-state index in [2.05, 4.69) is 15.5 Å². The van der Waals surface area contributed by atoms with Gasteiger partial charge in [-0.05, 0) is 48.5 Å². The van der Waals surface area contributed by atoms with Gasteiger partial charge in [0, 0.05) is 5.56 Å². The molecule has 6 nitrogen and oxygen atoms in total. The number of ketones is 1. The Hall–Kier alpha value is -2.24. The molecule has 1 aromatic carbocycles. The molecular weight excluding hydrogens is 244 g/mol. The van der Waals surface area contributed by atoms with Gasteiger partial charge in [-0.1, -0.05) is 0 Å². The van der Waals surface area contributed by atoms with Crippen LogP contribution >= 0.6 is 0 Å². The van der Waals surface area contributed by atoms with E-state index in [4.69, 9.17) is 4.74 Å². The molecule has 0 bridgehead atoms. The minimum Gasteiger partial charge on any atom is -0.497 e. The van der Waals surface area contributed by atoms with Crippen molar-refractivity contribution in [3.8, 4) is 5.75 Å². The van der Waals surface area contributed by atoms with E-state index in [1.165, 1.54) is 0 Å². The maximum Gasteiger partial charge on any atom is 0.170 e. The zero-order chi connectivity index (χ0) is 13.8. The van der Waals surface area contributed by atoms with Crippen molar-refractivity contribution in [1.82, 2.24) is 20.2 Å². The molecule has 0 aliphatic heterocycles. The molecule has 6 heteroatoms. The number of ether oxygens (including phenoxy) is 1. The zero-order valence-corrected chi connectivity index (χ0v) is 11.2. The quantitative estimate of drug-likeness (QED) is 0.765. The Balaban J connectivity index is 2.13. The lowest BCUT2D eigenvalue weighted by Crippen LogP contribution is -2.13. The number of carbonyl (C=O) groups is 1. The van der Waals surface area contributed by atoms with Gasteiger partial charge in [-0.25, -0.2) is 4.68 Å². The molecule has 0 aliphatic carbocycles. The monoisotopic (exact) mass is 260 g/mol. The number of nitrogens with zero attached hydrogens (tertiary/aromatic N) is 4. The van der Waals surface area contributed by atoms with Crippen molar-refractivity contribution in [3.63, 3.8) is 0 Å². The molecule has 19 heavy (non-hydrogen) atoms. The fourth-order valence-corrected chi connectivity index (χ4v) is 1.75. The predicted molar refractivity (Wildman–Crippen MR) is 69.2 cm³/mol. The van der Waals surface area contributed by atoms with Gasteiger partial charge in [0.15, 0.2) is 11.6 Å². The van der Waals surface area contributed by atoms with Crippen molar-refractivity contribution in [2.24, 2.45) is 0 Å². The lowest BCUT2D eigenvalue weighted by Gasteiger charge is -2.07.